The minimum Gasteiger partial charge on any atom is -0.379 e. The lowest BCUT2D eigenvalue weighted by Gasteiger charge is -2.36. The Morgan fingerprint density at radius 1 is 1.41 bits per heavy atom. The first kappa shape index (κ1) is 17.2. The van der Waals surface area contributed by atoms with Gasteiger partial charge in [-0.2, -0.15) is 0 Å². The lowest BCUT2D eigenvalue weighted by Crippen LogP contribution is -2.51. The average molecular weight is 329 g/mol. The Bertz CT molecular complexity index is 499. The Balaban J connectivity index is 2.01. The summed E-state index contributed by atoms with van der Waals surface area (Å²) >= 11 is 5.92. The molecule has 122 valence electrons. The summed E-state index contributed by atoms with van der Waals surface area (Å²) in [5.74, 6) is -0.700. The number of carbonyl (C=O) groups is 1. The van der Waals surface area contributed by atoms with E-state index < -0.39 is 11.7 Å². The van der Waals surface area contributed by atoms with Crippen molar-refractivity contribution in [3.8, 4) is 0 Å². The van der Waals surface area contributed by atoms with Crippen LogP contribution in [-0.2, 0) is 4.74 Å². The maximum Gasteiger partial charge on any atom is 0.255 e. The van der Waals surface area contributed by atoms with E-state index in [0.29, 0.717) is 25.7 Å². The van der Waals surface area contributed by atoms with E-state index in [0.717, 1.165) is 13.1 Å². The number of nitrogens with zero attached hydrogens (tertiary/aromatic N) is 1. The van der Waals surface area contributed by atoms with Gasteiger partial charge < -0.3 is 10.1 Å². The second kappa shape index (κ2) is 7.90. The summed E-state index contributed by atoms with van der Waals surface area (Å²) in [6.45, 7) is 7.79. The maximum absolute atomic E-state index is 13.8. The Hall–Kier alpha value is -1.17. The average Bonchev–Trinajstić information content (AvgIpc) is 2.48. The monoisotopic (exact) mass is 328 g/mol. The van der Waals surface area contributed by atoms with Crippen LogP contribution in [-0.4, -0.2) is 49.7 Å². The van der Waals surface area contributed by atoms with Gasteiger partial charge in [-0.1, -0.05) is 31.5 Å². The van der Waals surface area contributed by atoms with Crippen LogP contribution < -0.4 is 5.32 Å². The van der Waals surface area contributed by atoms with Crippen LogP contribution in [0.5, 0.6) is 0 Å². The molecule has 6 heteroatoms. The van der Waals surface area contributed by atoms with Gasteiger partial charge in [-0.3, -0.25) is 9.69 Å². The zero-order chi connectivity index (χ0) is 16.1. The highest BCUT2D eigenvalue weighted by Gasteiger charge is 2.25. The van der Waals surface area contributed by atoms with E-state index in [-0.39, 0.29) is 16.6 Å². The zero-order valence-electron chi connectivity index (χ0n) is 12.9. The highest BCUT2D eigenvalue weighted by molar-refractivity contribution is 6.33. The van der Waals surface area contributed by atoms with E-state index >= 15 is 0 Å². The number of morpholine rings is 1. The standard InChI is InChI=1S/C16H22ClFN2O2/c1-11(2)14(20-6-8-22-9-7-20)10-19-16(21)15-12(17)4-3-5-13(15)18/h3-5,11,14H,6-10H2,1-2H3,(H,19,21). The molecule has 0 bridgehead atoms. The molecule has 0 spiro atoms. The number of rotatable bonds is 5. The second-order valence-electron chi connectivity index (χ2n) is 5.77. The molecule has 0 aromatic heterocycles. The first-order valence-electron chi connectivity index (χ1n) is 7.54. The molecule has 0 radical (unpaired) electrons. The molecule has 0 saturated carbocycles. The molecule has 1 aromatic carbocycles. The van der Waals surface area contributed by atoms with Gasteiger partial charge in [-0.15, -0.1) is 0 Å². The first-order chi connectivity index (χ1) is 10.5. The topological polar surface area (TPSA) is 41.6 Å². The third-order valence-corrected chi connectivity index (χ3v) is 4.26. The molecule has 1 aromatic rings. The van der Waals surface area contributed by atoms with Gasteiger partial charge in [0.2, 0.25) is 0 Å². The molecule has 1 atom stereocenters. The highest BCUT2D eigenvalue weighted by atomic mass is 35.5. The first-order valence-corrected chi connectivity index (χ1v) is 7.92. The summed E-state index contributed by atoms with van der Waals surface area (Å²) in [5.41, 5.74) is -0.0892. The minimum absolute atomic E-state index is 0.0892. The molecule has 1 fully saturated rings. The summed E-state index contributed by atoms with van der Waals surface area (Å²) < 4.78 is 19.1. The number of carbonyl (C=O) groups excluding carboxylic acids is 1. The van der Waals surface area contributed by atoms with Gasteiger partial charge >= 0.3 is 0 Å². The van der Waals surface area contributed by atoms with Gasteiger partial charge in [0.05, 0.1) is 23.8 Å². The van der Waals surface area contributed by atoms with E-state index in [4.69, 9.17) is 16.3 Å². The molecule has 1 aliphatic rings. The van der Waals surface area contributed by atoms with Crippen molar-refractivity contribution in [1.82, 2.24) is 10.2 Å². The van der Waals surface area contributed by atoms with Crippen LogP contribution in [0.25, 0.3) is 0 Å². The third-order valence-electron chi connectivity index (χ3n) is 3.95. The predicted octanol–water partition coefficient (Wildman–Crippen LogP) is 2.57. The molecular formula is C16H22ClFN2O2. The third kappa shape index (κ3) is 4.18. The lowest BCUT2D eigenvalue weighted by molar-refractivity contribution is 0.00672. The SMILES string of the molecule is CC(C)C(CNC(=O)c1c(F)cccc1Cl)N1CCOCC1. The molecule has 1 heterocycles. The van der Waals surface area contributed by atoms with Crippen LogP contribution in [0.4, 0.5) is 4.39 Å². The molecule has 1 saturated heterocycles. The maximum atomic E-state index is 13.8. The molecule has 4 nitrogen and oxygen atoms in total. The number of nitrogens with one attached hydrogen (secondary N) is 1. The molecule has 1 amide bonds. The Labute approximate surface area is 135 Å². The van der Waals surface area contributed by atoms with Crippen molar-refractivity contribution in [2.24, 2.45) is 5.92 Å². The van der Waals surface area contributed by atoms with E-state index in [1.54, 1.807) is 0 Å². The van der Waals surface area contributed by atoms with Gasteiger partial charge in [-0.25, -0.2) is 4.39 Å². The molecular weight excluding hydrogens is 307 g/mol. The van der Waals surface area contributed by atoms with Crippen LogP contribution in [0, 0.1) is 11.7 Å². The van der Waals surface area contributed by atoms with Crippen LogP contribution in [0.3, 0.4) is 0 Å². The number of ether oxygens (including phenoxy) is 1. The molecule has 0 aliphatic carbocycles. The van der Waals surface area contributed by atoms with Crippen molar-refractivity contribution in [2.75, 3.05) is 32.8 Å². The van der Waals surface area contributed by atoms with E-state index in [1.165, 1.54) is 18.2 Å². The van der Waals surface area contributed by atoms with E-state index in [1.807, 2.05) is 0 Å². The molecule has 1 aliphatic heterocycles. The summed E-state index contributed by atoms with van der Waals surface area (Å²) in [6, 6.07) is 4.43. The number of hydrogen-bond acceptors (Lipinski definition) is 3. The number of hydrogen-bond donors (Lipinski definition) is 1. The van der Waals surface area contributed by atoms with Crippen molar-refractivity contribution >= 4 is 17.5 Å². The largest absolute Gasteiger partial charge is 0.379 e. The number of halogens is 2. The van der Waals surface area contributed by atoms with Gasteiger partial charge in [-0.05, 0) is 18.1 Å². The van der Waals surface area contributed by atoms with Crippen molar-refractivity contribution < 1.29 is 13.9 Å². The summed E-state index contributed by atoms with van der Waals surface area (Å²) in [4.78, 5) is 14.5. The van der Waals surface area contributed by atoms with Gasteiger partial charge in [0, 0.05) is 25.7 Å². The fraction of sp³-hybridized carbons (Fsp3) is 0.562. The molecule has 2 rings (SSSR count). The summed E-state index contributed by atoms with van der Waals surface area (Å²) in [5, 5.41) is 2.94. The Morgan fingerprint density at radius 3 is 2.68 bits per heavy atom. The van der Waals surface area contributed by atoms with Crippen LogP contribution in [0.2, 0.25) is 5.02 Å². The summed E-state index contributed by atoms with van der Waals surface area (Å²) in [7, 11) is 0. The van der Waals surface area contributed by atoms with Crippen LogP contribution in [0.1, 0.15) is 24.2 Å². The van der Waals surface area contributed by atoms with Crippen molar-refractivity contribution in [3.63, 3.8) is 0 Å². The number of benzene rings is 1. The highest BCUT2D eigenvalue weighted by Crippen LogP contribution is 2.19. The minimum atomic E-state index is -0.600. The summed E-state index contributed by atoms with van der Waals surface area (Å²) in [6.07, 6.45) is 0. The Kier molecular flexibility index (Phi) is 6.17. The predicted molar refractivity (Wildman–Crippen MR) is 84.8 cm³/mol. The van der Waals surface area contributed by atoms with Crippen LogP contribution >= 0.6 is 11.6 Å². The van der Waals surface area contributed by atoms with E-state index in [9.17, 15) is 9.18 Å². The van der Waals surface area contributed by atoms with Gasteiger partial charge in [0.25, 0.3) is 5.91 Å². The molecule has 1 unspecified atom stereocenters. The quantitative estimate of drug-likeness (QED) is 0.903. The van der Waals surface area contributed by atoms with Crippen LogP contribution in [0.15, 0.2) is 18.2 Å². The second-order valence-corrected chi connectivity index (χ2v) is 6.17. The number of amides is 1. The van der Waals surface area contributed by atoms with E-state index in [2.05, 4.69) is 24.1 Å². The molecule has 22 heavy (non-hydrogen) atoms. The van der Waals surface area contributed by atoms with Gasteiger partial charge in [0.1, 0.15) is 5.82 Å². The fourth-order valence-corrected chi connectivity index (χ4v) is 2.94. The Morgan fingerprint density at radius 2 is 2.09 bits per heavy atom. The van der Waals surface area contributed by atoms with Crippen molar-refractivity contribution in [3.05, 3.63) is 34.6 Å². The molecule has 1 N–H and O–H groups in total. The van der Waals surface area contributed by atoms with Crippen molar-refractivity contribution in [1.29, 1.82) is 0 Å². The fourth-order valence-electron chi connectivity index (χ4n) is 2.70. The van der Waals surface area contributed by atoms with Crippen molar-refractivity contribution in [2.45, 2.75) is 19.9 Å². The van der Waals surface area contributed by atoms with Gasteiger partial charge in [0.15, 0.2) is 0 Å². The lowest BCUT2D eigenvalue weighted by atomic mass is 10.0. The zero-order valence-corrected chi connectivity index (χ0v) is 13.7. The smallest absolute Gasteiger partial charge is 0.255 e. The normalized spacial score (nSPS) is 17.5.